The number of nitro benzene ring substituents is 1. The normalized spacial score (nSPS) is 9.73. The van der Waals surface area contributed by atoms with Crippen molar-refractivity contribution in [2.75, 3.05) is 11.9 Å². The summed E-state index contributed by atoms with van der Waals surface area (Å²) in [5.74, 6) is -0.656. The number of nitro groups is 1. The predicted molar refractivity (Wildman–Crippen MR) is 56.5 cm³/mol. The molecule has 0 bridgehead atoms. The number of nitrogens with one attached hydrogen (secondary N) is 1. The standard InChI is InChI=1S/C9H8ClFN2O2/c1-6(10)5-12-8-3-2-7(11)4-9(8)13(14)15/h2-4,12H,1,5H2. The minimum atomic E-state index is -0.664. The summed E-state index contributed by atoms with van der Waals surface area (Å²) >= 11 is 5.49. The lowest BCUT2D eigenvalue weighted by Gasteiger charge is -2.05. The van der Waals surface area contributed by atoms with Gasteiger partial charge in [0.15, 0.2) is 0 Å². The molecule has 1 N–H and O–H groups in total. The first kappa shape index (κ1) is 11.5. The van der Waals surface area contributed by atoms with Gasteiger partial charge in [-0.1, -0.05) is 18.2 Å². The van der Waals surface area contributed by atoms with Crippen LogP contribution >= 0.6 is 11.6 Å². The summed E-state index contributed by atoms with van der Waals surface area (Å²) in [4.78, 5) is 9.90. The van der Waals surface area contributed by atoms with E-state index < -0.39 is 10.7 Å². The van der Waals surface area contributed by atoms with Gasteiger partial charge in [-0.15, -0.1) is 0 Å². The summed E-state index contributed by atoms with van der Waals surface area (Å²) in [5, 5.41) is 13.6. The highest BCUT2D eigenvalue weighted by atomic mass is 35.5. The molecular weight excluding hydrogens is 223 g/mol. The maximum Gasteiger partial charge on any atom is 0.295 e. The second-order valence-electron chi connectivity index (χ2n) is 2.79. The third kappa shape index (κ3) is 3.21. The summed E-state index contributed by atoms with van der Waals surface area (Å²) in [6.45, 7) is 3.61. The predicted octanol–water partition coefficient (Wildman–Crippen LogP) is 2.90. The minimum Gasteiger partial charge on any atom is -0.375 e. The fourth-order valence-electron chi connectivity index (χ4n) is 0.996. The van der Waals surface area contributed by atoms with Crippen molar-refractivity contribution in [3.63, 3.8) is 0 Å². The van der Waals surface area contributed by atoms with Crippen molar-refractivity contribution in [1.29, 1.82) is 0 Å². The van der Waals surface area contributed by atoms with Crippen LogP contribution in [0.3, 0.4) is 0 Å². The zero-order valence-corrected chi connectivity index (χ0v) is 8.42. The van der Waals surface area contributed by atoms with E-state index in [4.69, 9.17) is 11.6 Å². The van der Waals surface area contributed by atoms with E-state index in [1.807, 2.05) is 0 Å². The third-order valence-electron chi connectivity index (χ3n) is 1.63. The van der Waals surface area contributed by atoms with Crippen LogP contribution in [0.1, 0.15) is 0 Å². The van der Waals surface area contributed by atoms with Crippen molar-refractivity contribution in [3.05, 3.63) is 45.7 Å². The molecule has 0 atom stereocenters. The van der Waals surface area contributed by atoms with E-state index in [1.165, 1.54) is 6.07 Å². The van der Waals surface area contributed by atoms with Crippen LogP contribution in [-0.4, -0.2) is 11.5 Å². The molecule has 0 aliphatic rings. The Bertz CT molecular complexity index is 409. The van der Waals surface area contributed by atoms with Crippen LogP contribution in [0.25, 0.3) is 0 Å². The number of hydrogen-bond acceptors (Lipinski definition) is 3. The van der Waals surface area contributed by atoms with Crippen LogP contribution in [0, 0.1) is 15.9 Å². The van der Waals surface area contributed by atoms with Gasteiger partial charge in [0.1, 0.15) is 11.5 Å². The fourth-order valence-corrected chi connectivity index (χ4v) is 1.06. The molecule has 1 aromatic rings. The van der Waals surface area contributed by atoms with Crippen molar-refractivity contribution >= 4 is 23.0 Å². The third-order valence-corrected chi connectivity index (χ3v) is 1.76. The van der Waals surface area contributed by atoms with Gasteiger partial charge < -0.3 is 5.32 Å². The number of anilines is 1. The van der Waals surface area contributed by atoms with Gasteiger partial charge in [-0.3, -0.25) is 10.1 Å². The first-order valence-electron chi connectivity index (χ1n) is 4.02. The second-order valence-corrected chi connectivity index (χ2v) is 3.32. The topological polar surface area (TPSA) is 55.2 Å². The van der Waals surface area contributed by atoms with Crippen molar-refractivity contribution in [3.8, 4) is 0 Å². The number of hydrogen-bond donors (Lipinski definition) is 1. The average molecular weight is 231 g/mol. The molecule has 4 nitrogen and oxygen atoms in total. The van der Waals surface area contributed by atoms with Gasteiger partial charge >= 0.3 is 0 Å². The van der Waals surface area contributed by atoms with E-state index in [2.05, 4.69) is 11.9 Å². The highest BCUT2D eigenvalue weighted by molar-refractivity contribution is 6.29. The maximum atomic E-state index is 12.7. The Labute approximate surface area is 90.5 Å². The first-order chi connectivity index (χ1) is 7.00. The fraction of sp³-hybridized carbons (Fsp3) is 0.111. The molecule has 0 fully saturated rings. The van der Waals surface area contributed by atoms with Crippen LogP contribution in [0.15, 0.2) is 29.8 Å². The summed E-state index contributed by atoms with van der Waals surface area (Å²) in [6, 6.07) is 3.26. The molecule has 1 aromatic carbocycles. The van der Waals surface area contributed by atoms with E-state index in [0.717, 1.165) is 12.1 Å². The van der Waals surface area contributed by atoms with Gasteiger partial charge in [0, 0.05) is 5.03 Å². The van der Waals surface area contributed by atoms with E-state index in [0.29, 0.717) is 5.03 Å². The van der Waals surface area contributed by atoms with Gasteiger partial charge in [0.25, 0.3) is 5.69 Å². The molecular formula is C9H8ClFN2O2. The van der Waals surface area contributed by atoms with E-state index in [1.54, 1.807) is 0 Å². The quantitative estimate of drug-likeness (QED) is 0.639. The molecule has 0 spiro atoms. The molecule has 15 heavy (non-hydrogen) atoms. The van der Waals surface area contributed by atoms with E-state index in [-0.39, 0.29) is 17.9 Å². The zero-order chi connectivity index (χ0) is 11.4. The van der Waals surface area contributed by atoms with Crippen LogP contribution in [0.2, 0.25) is 0 Å². The summed E-state index contributed by atoms with van der Waals surface area (Å²) in [7, 11) is 0. The van der Waals surface area contributed by atoms with E-state index >= 15 is 0 Å². The smallest absolute Gasteiger partial charge is 0.295 e. The number of nitrogens with zero attached hydrogens (tertiary/aromatic N) is 1. The lowest BCUT2D eigenvalue weighted by molar-refractivity contribution is -0.384. The summed E-state index contributed by atoms with van der Waals surface area (Å²) in [5.41, 5.74) is -0.115. The lowest BCUT2D eigenvalue weighted by Crippen LogP contribution is -2.04. The molecule has 0 aliphatic carbocycles. The van der Waals surface area contributed by atoms with E-state index in [9.17, 15) is 14.5 Å². The Morgan fingerprint density at radius 1 is 1.67 bits per heavy atom. The van der Waals surface area contributed by atoms with Crippen LogP contribution in [0.5, 0.6) is 0 Å². The lowest BCUT2D eigenvalue weighted by atomic mass is 10.2. The molecule has 0 aliphatic heterocycles. The van der Waals surface area contributed by atoms with Crippen LogP contribution < -0.4 is 5.32 Å². The molecule has 0 aromatic heterocycles. The molecule has 6 heteroatoms. The first-order valence-corrected chi connectivity index (χ1v) is 4.39. The van der Waals surface area contributed by atoms with Crippen molar-refractivity contribution in [1.82, 2.24) is 0 Å². The number of halogens is 2. The Morgan fingerprint density at radius 2 is 2.33 bits per heavy atom. The highest BCUT2D eigenvalue weighted by Gasteiger charge is 2.14. The molecule has 0 unspecified atom stereocenters. The monoisotopic (exact) mass is 230 g/mol. The Kier molecular flexibility index (Phi) is 3.62. The minimum absolute atomic E-state index is 0.189. The number of rotatable bonds is 4. The van der Waals surface area contributed by atoms with Crippen molar-refractivity contribution in [2.24, 2.45) is 0 Å². The van der Waals surface area contributed by atoms with Gasteiger partial charge in [-0.25, -0.2) is 4.39 Å². The van der Waals surface area contributed by atoms with Crippen LogP contribution in [-0.2, 0) is 0 Å². The molecule has 0 saturated heterocycles. The molecule has 1 rings (SSSR count). The Balaban J connectivity index is 2.95. The summed E-state index contributed by atoms with van der Waals surface area (Å²) in [6.07, 6.45) is 0. The molecule has 0 heterocycles. The maximum absolute atomic E-state index is 12.7. The molecule has 80 valence electrons. The van der Waals surface area contributed by atoms with Crippen molar-refractivity contribution < 1.29 is 9.31 Å². The zero-order valence-electron chi connectivity index (χ0n) is 7.67. The number of benzene rings is 1. The SMILES string of the molecule is C=C(Cl)CNc1ccc(F)cc1[N+](=O)[O-]. The molecule has 0 amide bonds. The van der Waals surface area contributed by atoms with Crippen molar-refractivity contribution in [2.45, 2.75) is 0 Å². The van der Waals surface area contributed by atoms with Gasteiger partial charge in [-0.05, 0) is 12.1 Å². The second kappa shape index (κ2) is 4.75. The van der Waals surface area contributed by atoms with Gasteiger partial charge in [0.05, 0.1) is 17.5 Å². The molecule has 0 radical (unpaired) electrons. The van der Waals surface area contributed by atoms with Gasteiger partial charge in [-0.2, -0.15) is 0 Å². The Hall–Kier alpha value is -1.62. The average Bonchev–Trinajstić information content (AvgIpc) is 2.15. The largest absolute Gasteiger partial charge is 0.375 e. The molecule has 0 saturated carbocycles. The Morgan fingerprint density at radius 3 is 2.87 bits per heavy atom. The summed E-state index contributed by atoms with van der Waals surface area (Å²) < 4.78 is 12.7. The van der Waals surface area contributed by atoms with Crippen LogP contribution in [0.4, 0.5) is 15.8 Å². The highest BCUT2D eigenvalue weighted by Crippen LogP contribution is 2.25. The van der Waals surface area contributed by atoms with Gasteiger partial charge in [0.2, 0.25) is 0 Å².